The highest BCUT2D eigenvalue weighted by Crippen LogP contribution is 2.03. The van der Waals surface area contributed by atoms with Crippen molar-refractivity contribution in [1.82, 2.24) is 0 Å². The van der Waals surface area contributed by atoms with Crippen molar-refractivity contribution in [2.24, 2.45) is 0 Å². The van der Waals surface area contributed by atoms with Crippen LogP contribution in [0.1, 0.15) is 38.2 Å². The fourth-order valence-electron chi connectivity index (χ4n) is 1.33. The van der Waals surface area contributed by atoms with Crippen LogP contribution < -0.4 is 0 Å². The van der Waals surface area contributed by atoms with Crippen LogP contribution in [-0.2, 0) is 9.53 Å². The third-order valence-corrected chi connectivity index (χ3v) is 2.24. The molecule has 0 aliphatic heterocycles. The fourth-order valence-corrected chi connectivity index (χ4v) is 1.33. The molecule has 2 heteroatoms. The molecule has 0 saturated heterocycles. The van der Waals surface area contributed by atoms with Gasteiger partial charge in [-0.15, -0.1) is 0 Å². The van der Waals surface area contributed by atoms with E-state index in [4.69, 9.17) is 4.74 Å². The van der Waals surface area contributed by atoms with Crippen LogP contribution in [0.3, 0.4) is 0 Å². The highest BCUT2D eigenvalue weighted by atomic mass is 16.5. The Morgan fingerprint density at radius 1 is 1.25 bits per heavy atom. The fraction of sp³-hybridized carbons (Fsp3) is 0.357. The van der Waals surface area contributed by atoms with Crippen LogP contribution in [0.15, 0.2) is 36.6 Å². The van der Waals surface area contributed by atoms with Gasteiger partial charge in [0.15, 0.2) is 0 Å². The first-order chi connectivity index (χ1) is 7.83. The third kappa shape index (κ3) is 5.35. The second kappa shape index (κ2) is 7.69. The minimum atomic E-state index is -0.152. The molecule has 0 saturated carbocycles. The smallest absolute Gasteiger partial charge is 0.310 e. The summed E-state index contributed by atoms with van der Waals surface area (Å²) in [5, 5.41) is 0. The zero-order chi connectivity index (χ0) is 11.6. The Hall–Kier alpha value is -1.57. The Labute approximate surface area is 96.9 Å². The highest BCUT2D eigenvalue weighted by Gasteiger charge is 1.98. The number of unbranched alkanes of at least 4 members (excludes halogenated alkanes) is 2. The molecule has 0 fully saturated rings. The molecule has 2 nitrogen and oxygen atoms in total. The van der Waals surface area contributed by atoms with Gasteiger partial charge in [-0.05, 0) is 18.1 Å². The molecule has 0 N–H and O–H groups in total. The second-order valence-electron chi connectivity index (χ2n) is 3.66. The lowest BCUT2D eigenvalue weighted by molar-refractivity contribution is -0.138. The number of ether oxygens (including phenoxy) is 1. The van der Waals surface area contributed by atoms with E-state index in [2.05, 4.69) is 6.92 Å². The van der Waals surface area contributed by atoms with Gasteiger partial charge in [-0.25, -0.2) is 0 Å². The average molecular weight is 218 g/mol. The molecule has 0 aromatic heterocycles. The van der Waals surface area contributed by atoms with Crippen molar-refractivity contribution >= 4 is 12.0 Å². The van der Waals surface area contributed by atoms with Crippen LogP contribution in [0.5, 0.6) is 0 Å². The van der Waals surface area contributed by atoms with Crippen LogP contribution in [0, 0.1) is 0 Å². The monoisotopic (exact) mass is 218 g/mol. The van der Waals surface area contributed by atoms with Crippen molar-refractivity contribution in [2.45, 2.75) is 32.6 Å². The summed E-state index contributed by atoms with van der Waals surface area (Å²) in [4.78, 5) is 11.2. The number of carbonyl (C=O) groups is 1. The van der Waals surface area contributed by atoms with Gasteiger partial charge in [0, 0.05) is 6.42 Å². The molecule has 86 valence electrons. The highest BCUT2D eigenvalue weighted by molar-refractivity contribution is 5.70. The van der Waals surface area contributed by atoms with E-state index in [0.717, 1.165) is 24.8 Å². The summed E-state index contributed by atoms with van der Waals surface area (Å²) in [6.07, 6.45) is 6.87. The maximum atomic E-state index is 11.2. The van der Waals surface area contributed by atoms with Gasteiger partial charge >= 0.3 is 5.97 Å². The maximum Gasteiger partial charge on any atom is 0.310 e. The van der Waals surface area contributed by atoms with E-state index in [9.17, 15) is 4.79 Å². The van der Waals surface area contributed by atoms with Crippen molar-refractivity contribution in [3.63, 3.8) is 0 Å². The van der Waals surface area contributed by atoms with Crippen molar-refractivity contribution in [1.29, 1.82) is 0 Å². The Morgan fingerprint density at radius 3 is 2.69 bits per heavy atom. The summed E-state index contributed by atoms with van der Waals surface area (Å²) in [7, 11) is 0. The molecule has 0 bridgehead atoms. The molecule has 16 heavy (non-hydrogen) atoms. The first-order valence-electron chi connectivity index (χ1n) is 5.74. The second-order valence-corrected chi connectivity index (χ2v) is 3.66. The van der Waals surface area contributed by atoms with E-state index in [-0.39, 0.29) is 5.97 Å². The number of hydrogen-bond acceptors (Lipinski definition) is 2. The number of carbonyl (C=O) groups excluding carboxylic acids is 1. The lowest BCUT2D eigenvalue weighted by atomic mass is 10.2. The Balaban J connectivity index is 2.24. The first kappa shape index (κ1) is 12.5. The van der Waals surface area contributed by atoms with Crippen LogP contribution in [0.25, 0.3) is 6.08 Å². The molecule has 0 aliphatic rings. The summed E-state index contributed by atoms with van der Waals surface area (Å²) in [5.74, 6) is -0.152. The van der Waals surface area contributed by atoms with E-state index in [1.165, 1.54) is 6.26 Å². The third-order valence-electron chi connectivity index (χ3n) is 2.24. The minimum Gasteiger partial charge on any atom is -0.434 e. The van der Waals surface area contributed by atoms with E-state index in [1.54, 1.807) is 6.08 Å². The molecule has 0 heterocycles. The Bertz CT molecular complexity index is 328. The quantitative estimate of drug-likeness (QED) is 0.412. The van der Waals surface area contributed by atoms with E-state index < -0.39 is 0 Å². The average Bonchev–Trinajstić information content (AvgIpc) is 2.31. The van der Waals surface area contributed by atoms with Gasteiger partial charge in [0.1, 0.15) is 0 Å². The first-order valence-corrected chi connectivity index (χ1v) is 5.74. The Kier molecular flexibility index (Phi) is 6.00. The van der Waals surface area contributed by atoms with Gasteiger partial charge < -0.3 is 4.74 Å². The van der Waals surface area contributed by atoms with Gasteiger partial charge in [-0.2, -0.15) is 0 Å². The van der Waals surface area contributed by atoms with Gasteiger partial charge in [-0.3, -0.25) is 4.79 Å². The Morgan fingerprint density at radius 2 is 2.00 bits per heavy atom. The zero-order valence-electron chi connectivity index (χ0n) is 9.69. The van der Waals surface area contributed by atoms with Crippen molar-refractivity contribution < 1.29 is 9.53 Å². The van der Waals surface area contributed by atoms with Crippen molar-refractivity contribution in [3.05, 3.63) is 42.2 Å². The van der Waals surface area contributed by atoms with Crippen molar-refractivity contribution in [3.8, 4) is 0 Å². The normalized spacial score (nSPS) is 10.6. The summed E-state index contributed by atoms with van der Waals surface area (Å²) in [6, 6.07) is 9.77. The largest absolute Gasteiger partial charge is 0.434 e. The van der Waals surface area contributed by atoms with E-state index >= 15 is 0 Å². The predicted octanol–water partition coefficient (Wildman–Crippen LogP) is 3.78. The van der Waals surface area contributed by atoms with Crippen LogP contribution in [-0.4, -0.2) is 5.97 Å². The van der Waals surface area contributed by atoms with Crippen LogP contribution >= 0.6 is 0 Å². The van der Waals surface area contributed by atoms with Gasteiger partial charge in [0.25, 0.3) is 0 Å². The zero-order valence-corrected chi connectivity index (χ0v) is 9.69. The molecule has 0 spiro atoms. The van der Waals surface area contributed by atoms with Crippen LogP contribution in [0.4, 0.5) is 0 Å². The summed E-state index contributed by atoms with van der Waals surface area (Å²) in [5.41, 5.74) is 1.03. The molecule has 0 aliphatic carbocycles. The molecular weight excluding hydrogens is 200 g/mol. The molecule has 0 unspecified atom stereocenters. The van der Waals surface area contributed by atoms with Gasteiger partial charge in [-0.1, -0.05) is 50.1 Å². The van der Waals surface area contributed by atoms with Gasteiger partial charge in [0.05, 0.1) is 6.26 Å². The van der Waals surface area contributed by atoms with Crippen LogP contribution in [0.2, 0.25) is 0 Å². The number of rotatable bonds is 6. The maximum absolute atomic E-state index is 11.2. The minimum absolute atomic E-state index is 0.152. The SMILES string of the molecule is CCCCCC(=O)OC=Cc1ccccc1. The summed E-state index contributed by atoms with van der Waals surface area (Å²) >= 11 is 0. The van der Waals surface area contributed by atoms with E-state index in [1.807, 2.05) is 30.3 Å². The number of esters is 1. The molecule has 1 aromatic rings. The molecular formula is C14H18O2. The molecule has 0 atom stereocenters. The summed E-state index contributed by atoms with van der Waals surface area (Å²) < 4.78 is 4.97. The van der Waals surface area contributed by atoms with E-state index in [0.29, 0.717) is 6.42 Å². The number of benzene rings is 1. The predicted molar refractivity (Wildman–Crippen MR) is 65.7 cm³/mol. The lowest BCUT2D eigenvalue weighted by Crippen LogP contribution is -1.98. The molecule has 0 amide bonds. The molecule has 1 aromatic carbocycles. The molecule has 0 radical (unpaired) electrons. The van der Waals surface area contributed by atoms with Crippen molar-refractivity contribution in [2.75, 3.05) is 0 Å². The number of hydrogen-bond donors (Lipinski definition) is 0. The topological polar surface area (TPSA) is 26.3 Å². The van der Waals surface area contributed by atoms with Gasteiger partial charge in [0.2, 0.25) is 0 Å². The standard InChI is InChI=1S/C14H18O2/c1-2-3-5-10-14(15)16-12-11-13-8-6-4-7-9-13/h4,6-9,11-12H,2-3,5,10H2,1H3. The summed E-state index contributed by atoms with van der Waals surface area (Å²) in [6.45, 7) is 2.11. The lowest BCUT2D eigenvalue weighted by Gasteiger charge is -1.98. The molecule has 1 rings (SSSR count).